The number of amides is 3. The van der Waals surface area contributed by atoms with Crippen molar-refractivity contribution in [3.05, 3.63) is 76.5 Å². The Bertz CT molecular complexity index is 1060. The molecule has 1 aliphatic carbocycles. The Morgan fingerprint density at radius 1 is 0.939 bits per heavy atom. The third kappa shape index (κ3) is 5.63. The number of nitrogens with one attached hydrogen (secondary N) is 2. The van der Waals surface area contributed by atoms with Gasteiger partial charge in [-0.05, 0) is 43.0 Å². The summed E-state index contributed by atoms with van der Waals surface area (Å²) in [6, 6.07) is 16.7. The molecule has 4 rings (SSSR count). The van der Waals surface area contributed by atoms with Crippen LogP contribution in [0, 0.1) is 0 Å². The highest BCUT2D eigenvalue weighted by molar-refractivity contribution is 6.48. The highest BCUT2D eigenvalue weighted by Crippen LogP contribution is 2.26. The summed E-state index contributed by atoms with van der Waals surface area (Å²) in [5.74, 6) is -1.11. The number of benzene rings is 2. The van der Waals surface area contributed by atoms with Gasteiger partial charge < -0.3 is 10.6 Å². The molecule has 0 bridgehead atoms. The van der Waals surface area contributed by atoms with Gasteiger partial charge in [-0.25, -0.2) is 0 Å². The van der Waals surface area contributed by atoms with Crippen LogP contribution in [0.1, 0.15) is 54.4 Å². The Morgan fingerprint density at radius 2 is 1.67 bits per heavy atom. The molecule has 0 saturated heterocycles. The predicted molar refractivity (Wildman–Crippen MR) is 129 cm³/mol. The predicted octanol–water partition coefficient (Wildman–Crippen LogP) is 4.61. The van der Waals surface area contributed by atoms with Crippen molar-refractivity contribution in [1.82, 2.24) is 10.2 Å². The van der Waals surface area contributed by atoms with E-state index < -0.39 is 11.8 Å². The Kier molecular flexibility index (Phi) is 7.45. The number of carbonyl (C=O) groups excluding carboxylic acids is 3. The number of imide groups is 1. The van der Waals surface area contributed by atoms with Crippen molar-refractivity contribution in [2.45, 2.75) is 51.0 Å². The number of halogens is 1. The van der Waals surface area contributed by atoms with Gasteiger partial charge in [0, 0.05) is 23.8 Å². The van der Waals surface area contributed by atoms with Crippen molar-refractivity contribution in [1.29, 1.82) is 0 Å². The van der Waals surface area contributed by atoms with E-state index in [-0.39, 0.29) is 29.2 Å². The minimum atomic E-state index is -0.512. The van der Waals surface area contributed by atoms with Crippen LogP contribution in [0.5, 0.6) is 0 Å². The van der Waals surface area contributed by atoms with E-state index in [0.717, 1.165) is 36.1 Å². The largest absolute Gasteiger partial charge is 0.350 e. The first-order valence-electron chi connectivity index (χ1n) is 11.5. The molecule has 0 aromatic heterocycles. The topological polar surface area (TPSA) is 78.5 Å². The maximum Gasteiger partial charge on any atom is 0.278 e. The molecule has 2 aromatic carbocycles. The lowest BCUT2D eigenvalue weighted by molar-refractivity contribution is -0.137. The molecule has 2 aliphatic rings. The molecule has 0 radical (unpaired) electrons. The summed E-state index contributed by atoms with van der Waals surface area (Å²) >= 11 is 6.22. The highest BCUT2D eigenvalue weighted by Gasteiger charge is 2.37. The average Bonchev–Trinajstić information content (AvgIpc) is 3.02. The number of rotatable bonds is 7. The van der Waals surface area contributed by atoms with Crippen molar-refractivity contribution in [2.24, 2.45) is 0 Å². The van der Waals surface area contributed by atoms with E-state index in [4.69, 9.17) is 11.6 Å². The maximum atomic E-state index is 12.9. The molecule has 33 heavy (non-hydrogen) atoms. The van der Waals surface area contributed by atoms with Crippen LogP contribution in [0.3, 0.4) is 0 Å². The summed E-state index contributed by atoms with van der Waals surface area (Å²) in [6.45, 7) is 0.243. The number of anilines is 1. The van der Waals surface area contributed by atoms with Crippen LogP contribution in [0.15, 0.2) is 65.3 Å². The second kappa shape index (κ2) is 10.7. The fourth-order valence-electron chi connectivity index (χ4n) is 4.32. The Balaban J connectivity index is 1.41. The van der Waals surface area contributed by atoms with Gasteiger partial charge >= 0.3 is 0 Å². The van der Waals surface area contributed by atoms with E-state index >= 15 is 0 Å². The first-order valence-corrected chi connectivity index (χ1v) is 11.9. The third-order valence-corrected chi connectivity index (χ3v) is 6.51. The molecule has 0 unspecified atom stereocenters. The molecule has 2 N–H and O–H groups in total. The molecule has 0 spiro atoms. The Labute approximate surface area is 199 Å². The lowest BCUT2D eigenvalue weighted by atomic mass is 10.1. The number of carbonyl (C=O) groups is 3. The van der Waals surface area contributed by atoms with Gasteiger partial charge in [0.2, 0.25) is 0 Å². The van der Waals surface area contributed by atoms with Gasteiger partial charge in [0.05, 0.1) is 0 Å². The minimum Gasteiger partial charge on any atom is -0.350 e. The Hall–Kier alpha value is -3.12. The van der Waals surface area contributed by atoms with E-state index in [1.54, 1.807) is 24.3 Å². The van der Waals surface area contributed by atoms with Gasteiger partial charge in [-0.1, -0.05) is 73.7 Å². The number of hydrogen-bond acceptors (Lipinski definition) is 4. The molecule has 1 fully saturated rings. The second-order valence-corrected chi connectivity index (χ2v) is 8.93. The van der Waals surface area contributed by atoms with Crippen LogP contribution < -0.4 is 10.6 Å². The van der Waals surface area contributed by atoms with E-state index in [1.165, 1.54) is 12.8 Å². The molecule has 0 atom stereocenters. The zero-order valence-corrected chi connectivity index (χ0v) is 19.2. The third-order valence-electron chi connectivity index (χ3n) is 6.16. The zero-order valence-electron chi connectivity index (χ0n) is 18.5. The van der Waals surface area contributed by atoms with Crippen molar-refractivity contribution < 1.29 is 14.4 Å². The van der Waals surface area contributed by atoms with E-state index in [1.807, 2.05) is 30.3 Å². The summed E-state index contributed by atoms with van der Waals surface area (Å²) in [6.07, 6.45) is 7.26. The normalized spacial score (nSPS) is 17.3. The second-order valence-electron chi connectivity index (χ2n) is 8.55. The van der Waals surface area contributed by atoms with E-state index in [0.29, 0.717) is 17.7 Å². The SMILES string of the molecule is O=C(NC1CCCCCC1)c1cccc(NC2=C(Cl)C(=O)N(CCc3ccccc3)C2=O)c1. The van der Waals surface area contributed by atoms with Crippen LogP contribution in [0.4, 0.5) is 5.69 Å². The number of nitrogens with zero attached hydrogens (tertiary/aromatic N) is 1. The summed E-state index contributed by atoms with van der Waals surface area (Å²) < 4.78 is 0. The van der Waals surface area contributed by atoms with E-state index in [2.05, 4.69) is 10.6 Å². The highest BCUT2D eigenvalue weighted by atomic mass is 35.5. The van der Waals surface area contributed by atoms with Gasteiger partial charge in [-0.3, -0.25) is 19.3 Å². The fraction of sp³-hybridized carbons (Fsp3) is 0.346. The van der Waals surface area contributed by atoms with Crippen molar-refractivity contribution in [2.75, 3.05) is 11.9 Å². The van der Waals surface area contributed by atoms with Gasteiger partial charge in [-0.2, -0.15) is 0 Å². The molecule has 2 aromatic rings. The van der Waals surface area contributed by atoms with Crippen molar-refractivity contribution in [3.8, 4) is 0 Å². The van der Waals surface area contributed by atoms with Crippen molar-refractivity contribution in [3.63, 3.8) is 0 Å². The fourth-order valence-corrected chi connectivity index (χ4v) is 4.55. The van der Waals surface area contributed by atoms with Crippen LogP contribution in [0.25, 0.3) is 0 Å². The van der Waals surface area contributed by atoms with Gasteiger partial charge in [-0.15, -0.1) is 0 Å². The van der Waals surface area contributed by atoms with Crippen LogP contribution in [-0.2, 0) is 16.0 Å². The van der Waals surface area contributed by atoms with Gasteiger partial charge in [0.15, 0.2) is 0 Å². The molecular weight excluding hydrogens is 438 g/mol. The number of hydrogen-bond donors (Lipinski definition) is 2. The summed E-state index contributed by atoms with van der Waals surface area (Å²) in [5.41, 5.74) is 2.10. The minimum absolute atomic E-state index is 0.0380. The molecular formula is C26H28ClN3O3. The molecule has 172 valence electrons. The van der Waals surface area contributed by atoms with Crippen LogP contribution in [0.2, 0.25) is 0 Å². The monoisotopic (exact) mass is 465 g/mol. The zero-order chi connectivity index (χ0) is 23.2. The van der Waals surface area contributed by atoms with Crippen molar-refractivity contribution >= 4 is 35.0 Å². The summed E-state index contributed by atoms with van der Waals surface area (Å²) in [4.78, 5) is 39.4. The smallest absolute Gasteiger partial charge is 0.278 e. The molecule has 6 nitrogen and oxygen atoms in total. The lowest BCUT2D eigenvalue weighted by Crippen LogP contribution is -2.34. The molecule has 3 amide bonds. The van der Waals surface area contributed by atoms with Gasteiger partial charge in [0.1, 0.15) is 10.7 Å². The first kappa shape index (κ1) is 23.1. The molecule has 1 heterocycles. The quantitative estimate of drug-likeness (QED) is 0.462. The average molecular weight is 466 g/mol. The standard InChI is InChI=1S/C26H28ClN3O3/c27-22-23(26(33)30(25(22)32)16-15-18-9-4-3-5-10-18)28-21-14-8-11-19(17-21)24(31)29-20-12-6-1-2-7-13-20/h3-5,8-11,14,17,20,28H,1-2,6-7,12-13,15-16H2,(H,29,31). The van der Waals surface area contributed by atoms with Crippen LogP contribution in [-0.4, -0.2) is 35.2 Å². The van der Waals surface area contributed by atoms with Gasteiger partial charge in [0.25, 0.3) is 17.7 Å². The molecule has 7 heteroatoms. The van der Waals surface area contributed by atoms with E-state index in [9.17, 15) is 14.4 Å². The first-order chi connectivity index (χ1) is 16.0. The maximum absolute atomic E-state index is 12.9. The summed E-state index contributed by atoms with van der Waals surface area (Å²) in [7, 11) is 0. The lowest BCUT2D eigenvalue weighted by Gasteiger charge is -2.17. The molecule has 1 aliphatic heterocycles. The van der Waals surface area contributed by atoms with Crippen LogP contribution >= 0.6 is 11.6 Å². The molecule has 1 saturated carbocycles. The Morgan fingerprint density at radius 3 is 2.39 bits per heavy atom. The summed E-state index contributed by atoms with van der Waals surface area (Å²) in [5, 5.41) is 5.95.